The Kier molecular flexibility index (Phi) is 4.65. The maximum Gasteiger partial charge on any atom is 0.287 e. The number of nitrogens with one attached hydrogen (secondary N) is 3. The van der Waals surface area contributed by atoms with Crippen molar-refractivity contribution in [3.8, 4) is 0 Å². The van der Waals surface area contributed by atoms with Crippen LogP contribution in [0.15, 0.2) is 45.9 Å². The summed E-state index contributed by atoms with van der Waals surface area (Å²) in [5.41, 5.74) is 3.28. The highest BCUT2D eigenvalue weighted by Crippen LogP contribution is 2.22. The van der Waals surface area contributed by atoms with Gasteiger partial charge in [0.2, 0.25) is 5.09 Å². The number of sulfonamides is 1. The Morgan fingerprint density at radius 3 is 2.72 bits per heavy atom. The molecule has 7 nitrogen and oxygen atoms in total. The van der Waals surface area contributed by atoms with Crippen LogP contribution in [0.25, 0.3) is 10.9 Å². The number of hydrogen-bond donors (Lipinski definition) is 3. The van der Waals surface area contributed by atoms with Gasteiger partial charge in [0.25, 0.3) is 15.9 Å². The van der Waals surface area contributed by atoms with Crippen molar-refractivity contribution in [3.05, 3.63) is 53.4 Å². The second kappa shape index (κ2) is 6.73. The zero-order chi connectivity index (χ0) is 18.0. The molecule has 0 unspecified atom stereocenters. The highest BCUT2D eigenvalue weighted by atomic mass is 32.2. The van der Waals surface area contributed by atoms with Crippen molar-refractivity contribution in [1.29, 1.82) is 0 Å². The zero-order valence-electron chi connectivity index (χ0n) is 13.9. The molecule has 25 heavy (non-hydrogen) atoms. The van der Waals surface area contributed by atoms with Crippen LogP contribution in [0.2, 0.25) is 0 Å². The van der Waals surface area contributed by atoms with E-state index < -0.39 is 15.9 Å². The van der Waals surface area contributed by atoms with Crippen LogP contribution in [-0.4, -0.2) is 32.9 Å². The van der Waals surface area contributed by atoms with E-state index in [2.05, 4.69) is 15.0 Å². The minimum atomic E-state index is -3.70. The number of aryl methyl sites for hydroxylation is 1. The molecule has 0 spiro atoms. The quantitative estimate of drug-likeness (QED) is 0.624. The number of hydrogen-bond acceptors (Lipinski definition) is 4. The molecule has 3 rings (SSSR count). The molecule has 0 aliphatic carbocycles. The second-order valence-electron chi connectivity index (χ2n) is 5.61. The molecule has 1 aromatic carbocycles. The number of fused-ring (bicyclic) bond motifs is 1. The molecular weight excluding hydrogens is 342 g/mol. The first kappa shape index (κ1) is 17.2. The van der Waals surface area contributed by atoms with Gasteiger partial charge < -0.3 is 14.7 Å². The summed E-state index contributed by atoms with van der Waals surface area (Å²) in [6, 6.07) is 10.6. The van der Waals surface area contributed by atoms with Crippen molar-refractivity contribution < 1.29 is 17.6 Å². The van der Waals surface area contributed by atoms with Gasteiger partial charge in [-0.05, 0) is 44.2 Å². The fourth-order valence-corrected chi connectivity index (χ4v) is 3.38. The number of amides is 1. The number of aromatic nitrogens is 1. The molecule has 0 saturated heterocycles. The van der Waals surface area contributed by atoms with Crippen LogP contribution in [0.3, 0.4) is 0 Å². The summed E-state index contributed by atoms with van der Waals surface area (Å²) < 4.78 is 30.5. The van der Waals surface area contributed by atoms with E-state index in [1.807, 2.05) is 31.2 Å². The molecule has 2 heterocycles. The Labute approximate surface area is 145 Å². The standard InChI is InChI=1S/C17H19N3O4S/c1-11-12(13-5-3-4-6-14(13)20-11)9-10-19-17(21)15-7-8-16(24-15)25(22,23)18-2/h3-8,18,20H,9-10H2,1-2H3,(H,19,21). The summed E-state index contributed by atoms with van der Waals surface area (Å²) in [5, 5.41) is 3.60. The summed E-state index contributed by atoms with van der Waals surface area (Å²) in [6.07, 6.45) is 0.657. The monoisotopic (exact) mass is 361 g/mol. The van der Waals surface area contributed by atoms with Gasteiger partial charge in [0.1, 0.15) is 0 Å². The lowest BCUT2D eigenvalue weighted by Crippen LogP contribution is -2.25. The minimum Gasteiger partial charge on any atom is -0.438 e. The largest absolute Gasteiger partial charge is 0.438 e. The Bertz CT molecular complexity index is 1020. The molecule has 0 radical (unpaired) electrons. The van der Waals surface area contributed by atoms with Gasteiger partial charge in [-0.15, -0.1) is 0 Å². The average molecular weight is 361 g/mol. The van der Waals surface area contributed by atoms with E-state index in [0.717, 1.165) is 22.2 Å². The van der Waals surface area contributed by atoms with Crippen molar-refractivity contribution in [2.45, 2.75) is 18.4 Å². The number of carbonyl (C=O) groups is 1. The van der Waals surface area contributed by atoms with Gasteiger partial charge in [0.15, 0.2) is 5.76 Å². The summed E-state index contributed by atoms with van der Waals surface area (Å²) in [6.45, 7) is 2.41. The lowest BCUT2D eigenvalue weighted by molar-refractivity contribution is 0.0921. The van der Waals surface area contributed by atoms with E-state index in [9.17, 15) is 13.2 Å². The third-order valence-electron chi connectivity index (χ3n) is 4.03. The van der Waals surface area contributed by atoms with Crippen LogP contribution >= 0.6 is 0 Å². The predicted molar refractivity (Wildman–Crippen MR) is 94.0 cm³/mol. The zero-order valence-corrected chi connectivity index (χ0v) is 14.7. The number of furan rings is 1. The molecule has 8 heteroatoms. The maximum absolute atomic E-state index is 12.1. The maximum atomic E-state index is 12.1. The highest BCUT2D eigenvalue weighted by molar-refractivity contribution is 7.89. The van der Waals surface area contributed by atoms with Crippen molar-refractivity contribution in [1.82, 2.24) is 15.0 Å². The second-order valence-corrected chi connectivity index (χ2v) is 7.42. The fourth-order valence-electron chi connectivity index (χ4n) is 2.73. The summed E-state index contributed by atoms with van der Waals surface area (Å²) in [5.74, 6) is -0.487. The molecule has 0 saturated carbocycles. The van der Waals surface area contributed by atoms with Crippen molar-refractivity contribution in [2.75, 3.05) is 13.6 Å². The van der Waals surface area contributed by atoms with Crippen LogP contribution in [0.1, 0.15) is 21.8 Å². The molecule has 0 fully saturated rings. The Morgan fingerprint density at radius 2 is 1.96 bits per heavy atom. The first-order valence-corrected chi connectivity index (χ1v) is 9.28. The van der Waals surface area contributed by atoms with Crippen LogP contribution in [0.5, 0.6) is 0 Å². The Morgan fingerprint density at radius 1 is 1.20 bits per heavy atom. The molecule has 1 amide bonds. The van der Waals surface area contributed by atoms with Gasteiger partial charge in [-0.1, -0.05) is 18.2 Å². The van der Waals surface area contributed by atoms with Gasteiger partial charge in [0.05, 0.1) is 0 Å². The van der Waals surface area contributed by atoms with E-state index in [1.54, 1.807) is 0 Å². The van der Waals surface area contributed by atoms with Gasteiger partial charge in [-0.2, -0.15) is 0 Å². The van der Waals surface area contributed by atoms with E-state index in [0.29, 0.717) is 13.0 Å². The minimum absolute atomic E-state index is 0.0375. The van der Waals surface area contributed by atoms with Crippen molar-refractivity contribution >= 4 is 26.8 Å². The van der Waals surface area contributed by atoms with Crippen molar-refractivity contribution in [3.63, 3.8) is 0 Å². The molecule has 0 bridgehead atoms. The van der Waals surface area contributed by atoms with Gasteiger partial charge >= 0.3 is 0 Å². The Balaban J connectivity index is 1.66. The van der Waals surface area contributed by atoms with Crippen LogP contribution in [0.4, 0.5) is 0 Å². The molecule has 132 valence electrons. The number of benzene rings is 1. The third kappa shape index (κ3) is 3.45. The van der Waals surface area contributed by atoms with E-state index in [4.69, 9.17) is 4.42 Å². The molecule has 0 aliphatic heterocycles. The lowest BCUT2D eigenvalue weighted by Gasteiger charge is -2.04. The number of aromatic amines is 1. The van der Waals surface area contributed by atoms with Crippen molar-refractivity contribution in [2.24, 2.45) is 0 Å². The SMILES string of the molecule is CNS(=O)(=O)c1ccc(C(=O)NCCc2c(C)[nH]c3ccccc23)o1. The van der Waals surface area contributed by atoms with Crippen LogP contribution in [0, 0.1) is 6.92 Å². The summed E-state index contributed by atoms with van der Waals surface area (Å²) in [7, 11) is -2.42. The predicted octanol–water partition coefficient (Wildman–Crippen LogP) is 1.95. The van der Waals surface area contributed by atoms with Gasteiger partial charge in [0, 0.05) is 23.1 Å². The molecule has 3 N–H and O–H groups in total. The van der Waals surface area contributed by atoms with E-state index in [-0.39, 0.29) is 10.9 Å². The smallest absolute Gasteiger partial charge is 0.287 e. The number of H-pyrrole nitrogens is 1. The number of carbonyl (C=O) groups excluding carboxylic acids is 1. The molecule has 3 aromatic rings. The first-order valence-electron chi connectivity index (χ1n) is 7.80. The highest BCUT2D eigenvalue weighted by Gasteiger charge is 2.19. The fraction of sp³-hybridized carbons (Fsp3) is 0.235. The third-order valence-corrected chi connectivity index (χ3v) is 5.31. The normalized spacial score (nSPS) is 11.8. The summed E-state index contributed by atoms with van der Waals surface area (Å²) >= 11 is 0. The average Bonchev–Trinajstić information content (AvgIpc) is 3.20. The number of para-hydroxylation sites is 1. The van der Waals surface area contributed by atoms with Crippen LogP contribution in [-0.2, 0) is 16.4 Å². The lowest BCUT2D eigenvalue weighted by atomic mass is 10.1. The van der Waals surface area contributed by atoms with Crippen LogP contribution < -0.4 is 10.0 Å². The van der Waals surface area contributed by atoms with Gasteiger partial charge in [-0.3, -0.25) is 4.79 Å². The summed E-state index contributed by atoms with van der Waals surface area (Å²) in [4.78, 5) is 15.4. The first-order chi connectivity index (χ1) is 11.9. The van der Waals surface area contributed by atoms with E-state index in [1.165, 1.54) is 19.2 Å². The van der Waals surface area contributed by atoms with E-state index >= 15 is 0 Å². The molecule has 0 aliphatic rings. The molecular formula is C17H19N3O4S. The Hall–Kier alpha value is -2.58. The molecule has 0 atom stereocenters. The molecule has 2 aromatic heterocycles. The van der Waals surface area contributed by atoms with Gasteiger partial charge in [-0.25, -0.2) is 13.1 Å². The number of rotatable bonds is 6. The topological polar surface area (TPSA) is 104 Å².